The van der Waals surface area contributed by atoms with Gasteiger partial charge in [-0.25, -0.2) is 4.79 Å². The number of esters is 1. The molecule has 3 saturated carbocycles. The Labute approximate surface area is 134 Å². The minimum absolute atomic E-state index is 0.104. The van der Waals surface area contributed by atoms with Crippen LogP contribution < -0.4 is 15.4 Å². The predicted octanol–water partition coefficient (Wildman–Crippen LogP) is 1.90. The SMILES string of the molecule is COC(=O)C12CC(NC(=O)NC3c4ccccc4OC3C)(C1)C2. The van der Waals surface area contributed by atoms with Gasteiger partial charge in [0.15, 0.2) is 0 Å². The van der Waals surface area contributed by atoms with Crippen molar-refractivity contribution in [3.05, 3.63) is 29.8 Å². The summed E-state index contributed by atoms with van der Waals surface area (Å²) in [7, 11) is 1.41. The van der Waals surface area contributed by atoms with Gasteiger partial charge in [-0.05, 0) is 32.3 Å². The van der Waals surface area contributed by atoms with Gasteiger partial charge in [-0.15, -0.1) is 0 Å². The van der Waals surface area contributed by atoms with Crippen molar-refractivity contribution in [2.45, 2.75) is 43.9 Å². The Morgan fingerprint density at radius 1 is 1.26 bits per heavy atom. The van der Waals surface area contributed by atoms with E-state index in [0.29, 0.717) is 19.3 Å². The summed E-state index contributed by atoms with van der Waals surface area (Å²) in [6, 6.07) is 7.37. The second-order valence-corrected chi connectivity index (χ2v) is 7.02. The van der Waals surface area contributed by atoms with E-state index in [0.717, 1.165) is 11.3 Å². The molecule has 6 nitrogen and oxygen atoms in total. The second kappa shape index (κ2) is 4.63. The number of para-hydroxylation sites is 1. The lowest BCUT2D eigenvalue weighted by Gasteiger charge is -2.68. The summed E-state index contributed by atoms with van der Waals surface area (Å²) < 4.78 is 10.6. The van der Waals surface area contributed by atoms with Crippen molar-refractivity contribution in [3.8, 4) is 5.75 Å². The molecule has 0 saturated heterocycles. The molecular weight excluding hydrogens is 296 g/mol. The van der Waals surface area contributed by atoms with E-state index in [1.54, 1.807) is 0 Å². The highest BCUT2D eigenvalue weighted by atomic mass is 16.5. The van der Waals surface area contributed by atoms with E-state index in [1.165, 1.54) is 7.11 Å². The van der Waals surface area contributed by atoms with Gasteiger partial charge in [0.05, 0.1) is 18.6 Å². The van der Waals surface area contributed by atoms with Gasteiger partial charge >= 0.3 is 12.0 Å². The summed E-state index contributed by atoms with van der Waals surface area (Å²) in [5.74, 6) is 0.661. The number of ether oxygens (including phenoxy) is 2. The van der Waals surface area contributed by atoms with Crippen LogP contribution in [0.2, 0.25) is 0 Å². The Balaban J connectivity index is 1.37. The lowest BCUT2D eigenvalue weighted by Crippen LogP contribution is -2.77. The third-order valence-electron chi connectivity index (χ3n) is 5.35. The zero-order chi connectivity index (χ0) is 16.2. The van der Waals surface area contributed by atoms with Crippen molar-refractivity contribution in [1.29, 1.82) is 0 Å². The lowest BCUT2D eigenvalue weighted by molar-refractivity contribution is -0.199. The Morgan fingerprint density at radius 2 is 1.96 bits per heavy atom. The maximum atomic E-state index is 12.3. The highest BCUT2D eigenvalue weighted by Gasteiger charge is 2.73. The third-order valence-corrected chi connectivity index (χ3v) is 5.35. The molecule has 2 N–H and O–H groups in total. The zero-order valence-electron chi connectivity index (χ0n) is 13.2. The van der Waals surface area contributed by atoms with E-state index < -0.39 is 0 Å². The van der Waals surface area contributed by atoms with Crippen molar-refractivity contribution in [2.24, 2.45) is 5.41 Å². The molecule has 1 heterocycles. The summed E-state index contributed by atoms with van der Waals surface area (Å²) in [6.07, 6.45) is 1.92. The standard InChI is InChI=1S/C17H20N2O4/c1-10-13(11-5-3-4-6-12(11)23-10)18-15(21)19-17-7-16(8-17,9-17)14(20)22-2/h3-6,10,13H,7-9H2,1-2H3,(H2,18,19,21). The number of hydrogen-bond acceptors (Lipinski definition) is 4. The minimum atomic E-state index is -0.349. The first-order valence-electron chi connectivity index (χ1n) is 7.90. The van der Waals surface area contributed by atoms with E-state index in [1.807, 2.05) is 31.2 Å². The highest BCUT2D eigenvalue weighted by Crippen LogP contribution is 2.67. The third kappa shape index (κ3) is 2.00. The number of methoxy groups -OCH3 is 1. The molecule has 2 atom stereocenters. The normalized spacial score (nSPS) is 35.9. The molecule has 1 aromatic carbocycles. The molecule has 3 aliphatic carbocycles. The molecule has 122 valence electrons. The van der Waals surface area contributed by atoms with Gasteiger partial charge in [-0.2, -0.15) is 0 Å². The number of rotatable bonds is 3. The molecule has 1 aliphatic heterocycles. The van der Waals surface area contributed by atoms with Gasteiger partial charge in [-0.3, -0.25) is 4.79 Å². The van der Waals surface area contributed by atoms with Crippen LogP contribution in [0.5, 0.6) is 5.75 Å². The first-order valence-corrected chi connectivity index (χ1v) is 7.90. The molecule has 2 bridgehead atoms. The van der Waals surface area contributed by atoms with Crippen LogP contribution in [0.15, 0.2) is 24.3 Å². The maximum Gasteiger partial charge on any atom is 0.315 e. The fraction of sp³-hybridized carbons (Fsp3) is 0.529. The number of nitrogens with one attached hydrogen (secondary N) is 2. The smallest absolute Gasteiger partial charge is 0.315 e. The van der Waals surface area contributed by atoms with E-state index in [9.17, 15) is 9.59 Å². The van der Waals surface area contributed by atoms with Crippen LogP contribution in [0.1, 0.15) is 37.8 Å². The highest BCUT2D eigenvalue weighted by molar-refractivity contribution is 5.84. The summed E-state index contributed by atoms with van der Waals surface area (Å²) in [5.41, 5.74) is 0.414. The van der Waals surface area contributed by atoms with E-state index >= 15 is 0 Å². The number of fused-ring (bicyclic) bond motifs is 1. The molecule has 3 fully saturated rings. The molecule has 1 aromatic rings. The maximum absolute atomic E-state index is 12.3. The van der Waals surface area contributed by atoms with Crippen LogP contribution in [-0.2, 0) is 9.53 Å². The van der Waals surface area contributed by atoms with Gasteiger partial charge in [0, 0.05) is 11.1 Å². The fourth-order valence-electron chi connectivity index (χ4n) is 4.33. The van der Waals surface area contributed by atoms with Gasteiger partial charge in [0.2, 0.25) is 0 Å². The monoisotopic (exact) mass is 316 g/mol. The first-order chi connectivity index (χ1) is 11.0. The summed E-state index contributed by atoms with van der Waals surface area (Å²) in [5, 5.41) is 6.03. The Kier molecular flexibility index (Phi) is 2.89. The number of hydrogen-bond donors (Lipinski definition) is 2. The molecule has 2 amide bonds. The van der Waals surface area contributed by atoms with Crippen molar-refractivity contribution < 1.29 is 19.1 Å². The van der Waals surface area contributed by atoms with Crippen molar-refractivity contribution >= 4 is 12.0 Å². The van der Waals surface area contributed by atoms with Crippen molar-refractivity contribution in [1.82, 2.24) is 10.6 Å². The lowest BCUT2D eigenvalue weighted by atomic mass is 9.39. The van der Waals surface area contributed by atoms with Gasteiger partial charge in [-0.1, -0.05) is 18.2 Å². The average Bonchev–Trinajstić information content (AvgIpc) is 2.77. The Bertz CT molecular complexity index is 667. The number of carbonyl (C=O) groups excluding carboxylic acids is 2. The van der Waals surface area contributed by atoms with Gasteiger partial charge in [0.1, 0.15) is 11.9 Å². The molecular formula is C17H20N2O4. The summed E-state index contributed by atoms with van der Waals surface area (Å²) in [4.78, 5) is 24.0. The minimum Gasteiger partial charge on any atom is -0.488 e. The van der Waals surface area contributed by atoms with Crippen LogP contribution in [0.25, 0.3) is 0 Å². The van der Waals surface area contributed by atoms with Crippen LogP contribution in [0.3, 0.4) is 0 Å². The summed E-state index contributed by atoms with van der Waals surface area (Å²) >= 11 is 0. The molecule has 0 spiro atoms. The van der Waals surface area contributed by atoms with Gasteiger partial charge < -0.3 is 20.1 Å². The molecule has 0 radical (unpaired) electrons. The molecule has 6 heteroatoms. The number of benzene rings is 1. The van der Waals surface area contributed by atoms with Crippen molar-refractivity contribution in [2.75, 3.05) is 7.11 Å². The fourth-order valence-corrected chi connectivity index (χ4v) is 4.33. The molecule has 5 rings (SSSR count). The van der Waals surface area contributed by atoms with Gasteiger partial charge in [0.25, 0.3) is 0 Å². The zero-order valence-corrected chi connectivity index (χ0v) is 13.2. The van der Waals surface area contributed by atoms with E-state index in [4.69, 9.17) is 9.47 Å². The second-order valence-electron chi connectivity index (χ2n) is 7.02. The molecule has 23 heavy (non-hydrogen) atoms. The quantitative estimate of drug-likeness (QED) is 0.835. The molecule has 0 aromatic heterocycles. The largest absolute Gasteiger partial charge is 0.488 e. The molecule has 2 unspecified atom stereocenters. The topological polar surface area (TPSA) is 76.7 Å². The summed E-state index contributed by atoms with van der Waals surface area (Å²) in [6.45, 7) is 1.94. The molecule has 4 aliphatic rings. The van der Waals surface area contributed by atoms with Crippen LogP contribution in [-0.4, -0.2) is 30.8 Å². The first kappa shape index (κ1) is 14.4. The van der Waals surface area contributed by atoms with E-state index in [-0.39, 0.29) is 35.1 Å². The number of carbonyl (C=O) groups is 2. The number of amides is 2. The Hall–Kier alpha value is -2.24. The predicted molar refractivity (Wildman–Crippen MR) is 82.0 cm³/mol. The van der Waals surface area contributed by atoms with Crippen LogP contribution >= 0.6 is 0 Å². The van der Waals surface area contributed by atoms with Crippen molar-refractivity contribution in [3.63, 3.8) is 0 Å². The Morgan fingerprint density at radius 3 is 2.65 bits per heavy atom. The van der Waals surface area contributed by atoms with Crippen LogP contribution in [0, 0.1) is 5.41 Å². The number of urea groups is 1. The van der Waals surface area contributed by atoms with E-state index in [2.05, 4.69) is 10.6 Å². The average molecular weight is 316 g/mol. The van der Waals surface area contributed by atoms with Crippen LogP contribution in [0.4, 0.5) is 4.79 Å².